The van der Waals surface area contributed by atoms with Gasteiger partial charge in [-0.1, -0.05) is 36.4 Å². The van der Waals surface area contributed by atoms with Crippen LogP contribution in [0.4, 0.5) is 11.4 Å². The molecule has 3 aromatic carbocycles. The second-order valence-corrected chi connectivity index (χ2v) is 5.74. The number of hydrogen-bond donors (Lipinski definition) is 3. The molecular weight excluding hydrogens is 368 g/mol. The molecule has 0 saturated heterocycles. The number of phenols is 2. The normalized spacial score (nSPS) is 10.4. The lowest BCUT2D eigenvalue weighted by Crippen LogP contribution is -2.21. The van der Waals surface area contributed by atoms with Gasteiger partial charge >= 0.3 is 5.97 Å². The summed E-state index contributed by atoms with van der Waals surface area (Å²) < 4.78 is 4.86. The van der Waals surface area contributed by atoms with Crippen molar-refractivity contribution in [3.63, 3.8) is 0 Å². The van der Waals surface area contributed by atoms with Crippen LogP contribution in [0.5, 0.6) is 11.5 Å². The van der Waals surface area contributed by atoms with Gasteiger partial charge in [-0.25, -0.2) is 4.79 Å². The number of para-hydroxylation sites is 2. The van der Waals surface area contributed by atoms with E-state index in [1.807, 2.05) is 0 Å². The van der Waals surface area contributed by atoms with Gasteiger partial charge in [0.2, 0.25) is 0 Å². The number of phenolic OH excluding ortho intramolecular Hbond substituents is 2. The van der Waals surface area contributed by atoms with E-state index < -0.39 is 29.2 Å². The average molecular weight is 382 g/mol. The van der Waals surface area contributed by atoms with Crippen LogP contribution in [0, 0.1) is 10.1 Å². The molecule has 0 unspecified atom stereocenters. The van der Waals surface area contributed by atoms with Gasteiger partial charge in [-0.05, 0) is 12.1 Å². The number of carbonyl (C=O) groups excluding carboxylic acids is 2. The van der Waals surface area contributed by atoms with Gasteiger partial charge in [0.05, 0.1) is 4.92 Å². The third kappa shape index (κ3) is 3.68. The average Bonchev–Trinajstić information content (AvgIpc) is 2.69. The van der Waals surface area contributed by atoms with Crippen molar-refractivity contribution in [2.45, 2.75) is 0 Å². The number of benzene rings is 3. The quantitative estimate of drug-likeness (QED) is 0.267. The first-order valence-electron chi connectivity index (χ1n) is 8.02. The first-order valence-corrected chi connectivity index (χ1v) is 8.02. The van der Waals surface area contributed by atoms with E-state index in [-0.39, 0.29) is 28.1 Å². The Morgan fingerprint density at radius 1 is 1.04 bits per heavy atom. The Kier molecular flexibility index (Phi) is 5.07. The van der Waals surface area contributed by atoms with Crippen LogP contribution in [-0.2, 0) is 9.53 Å². The van der Waals surface area contributed by atoms with E-state index in [1.165, 1.54) is 30.3 Å². The highest BCUT2D eigenvalue weighted by atomic mass is 16.6. The van der Waals surface area contributed by atoms with Crippen LogP contribution in [0.15, 0.2) is 54.6 Å². The summed E-state index contributed by atoms with van der Waals surface area (Å²) >= 11 is 0. The molecule has 0 fully saturated rings. The molecule has 3 rings (SSSR count). The smallest absolute Gasteiger partial charge is 0.342 e. The molecule has 0 saturated carbocycles. The van der Waals surface area contributed by atoms with E-state index >= 15 is 0 Å². The summed E-state index contributed by atoms with van der Waals surface area (Å²) in [6, 6.07) is 12.9. The molecule has 9 nitrogen and oxygen atoms in total. The minimum atomic E-state index is -1.03. The van der Waals surface area contributed by atoms with Gasteiger partial charge in [0, 0.05) is 16.8 Å². The Balaban J connectivity index is 1.73. The molecule has 9 heteroatoms. The van der Waals surface area contributed by atoms with Crippen LogP contribution in [0.2, 0.25) is 0 Å². The van der Waals surface area contributed by atoms with Crippen molar-refractivity contribution in [2.75, 3.05) is 11.9 Å². The van der Waals surface area contributed by atoms with E-state index in [2.05, 4.69) is 5.32 Å². The molecule has 0 spiro atoms. The largest absolute Gasteiger partial charge is 0.507 e. The van der Waals surface area contributed by atoms with Crippen molar-refractivity contribution in [2.24, 2.45) is 0 Å². The number of nitrogens with zero attached hydrogens (tertiary/aromatic N) is 1. The Morgan fingerprint density at radius 3 is 2.39 bits per heavy atom. The van der Waals surface area contributed by atoms with Crippen molar-refractivity contribution in [3.8, 4) is 11.5 Å². The Labute approximate surface area is 157 Å². The molecule has 0 atom stereocenters. The third-order valence-corrected chi connectivity index (χ3v) is 3.92. The van der Waals surface area contributed by atoms with Crippen LogP contribution in [0.25, 0.3) is 10.8 Å². The maximum Gasteiger partial charge on any atom is 0.342 e. The Morgan fingerprint density at radius 2 is 1.68 bits per heavy atom. The number of nitrogens with one attached hydrogen (secondary N) is 1. The summed E-state index contributed by atoms with van der Waals surface area (Å²) in [6.07, 6.45) is 0. The van der Waals surface area contributed by atoms with Crippen molar-refractivity contribution in [1.82, 2.24) is 0 Å². The van der Waals surface area contributed by atoms with Crippen molar-refractivity contribution >= 4 is 34.0 Å². The van der Waals surface area contributed by atoms with Crippen LogP contribution in [0.1, 0.15) is 10.4 Å². The van der Waals surface area contributed by atoms with E-state index in [4.69, 9.17) is 4.74 Å². The number of hydrogen-bond acceptors (Lipinski definition) is 7. The second kappa shape index (κ2) is 7.62. The predicted octanol–water partition coefficient (Wildman–Crippen LogP) is 2.95. The van der Waals surface area contributed by atoms with Gasteiger partial charge in [-0.2, -0.15) is 0 Å². The second-order valence-electron chi connectivity index (χ2n) is 5.74. The van der Waals surface area contributed by atoms with Gasteiger partial charge < -0.3 is 20.3 Å². The molecule has 0 aliphatic rings. The maximum atomic E-state index is 12.2. The molecule has 0 aliphatic heterocycles. The van der Waals surface area contributed by atoms with Crippen LogP contribution >= 0.6 is 0 Å². The molecule has 3 N–H and O–H groups in total. The maximum absolute atomic E-state index is 12.2. The first-order chi connectivity index (χ1) is 13.4. The van der Waals surface area contributed by atoms with Crippen LogP contribution in [-0.4, -0.2) is 33.6 Å². The lowest BCUT2D eigenvalue weighted by Gasteiger charge is -2.10. The Bertz CT molecular complexity index is 1090. The van der Waals surface area contributed by atoms with Crippen molar-refractivity contribution in [1.29, 1.82) is 0 Å². The summed E-state index contributed by atoms with van der Waals surface area (Å²) in [5.41, 5.74) is -0.659. The van der Waals surface area contributed by atoms with Gasteiger partial charge in [0.25, 0.3) is 11.6 Å². The van der Waals surface area contributed by atoms with Gasteiger partial charge in [-0.15, -0.1) is 0 Å². The number of esters is 1. The summed E-state index contributed by atoms with van der Waals surface area (Å²) in [6.45, 7) is -0.738. The highest BCUT2D eigenvalue weighted by molar-refractivity contribution is 6.04. The zero-order chi connectivity index (χ0) is 20.3. The number of ether oxygens (including phenoxy) is 1. The van der Waals surface area contributed by atoms with Gasteiger partial charge in [0.15, 0.2) is 6.61 Å². The summed E-state index contributed by atoms with van der Waals surface area (Å²) in [5.74, 6) is -2.45. The molecule has 28 heavy (non-hydrogen) atoms. The molecule has 0 aliphatic carbocycles. The summed E-state index contributed by atoms with van der Waals surface area (Å²) in [5, 5.41) is 34.1. The fourth-order valence-electron chi connectivity index (χ4n) is 2.63. The number of carbonyl (C=O) groups is 2. The predicted molar refractivity (Wildman–Crippen MR) is 99.3 cm³/mol. The molecule has 1 amide bonds. The molecule has 0 aromatic heterocycles. The number of amides is 1. The van der Waals surface area contributed by atoms with E-state index in [9.17, 15) is 29.9 Å². The molecule has 142 valence electrons. The van der Waals surface area contributed by atoms with Gasteiger partial charge in [-0.3, -0.25) is 14.9 Å². The SMILES string of the molecule is O=C(COC(=O)c1cc(O)c2ccccc2c1O)Nc1ccccc1[N+](=O)[O-]. The first kappa shape index (κ1) is 18.6. The van der Waals surface area contributed by atoms with E-state index in [0.29, 0.717) is 5.39 Å². The highest BCUT2D eigenvalue weighted by Crippen LogP contribution is 2.35. The number of rotatable bonds is 5. The highest BCUT2D eigenvalue weighted by Gasteiger charge is 2.20. The third-order valence-electron chi connectivity index (χ3n) is 3.92. The number of aromatic hydroxyl groups is 2. The van der Waals surface area contributed by atoms with Crippen LogP contribution in [0.3, 0.4) is 0 Å². The lowest BCUT2D eigenvalue weighted by atomic mass is 10.0. The zero-order valence-corrected chi connectivity index (χ0v) is 14.3. The minimum absolute atomic E-state index is 0.0419. The molecule has 0 radical (unpaired) electrons. The number of nitro benzene ring substituents is 1. The minimum Gasteiger partial charge on any atom is -0.507 e. The summed E-state index contributed by atoms with van der Waals surface area (Å²) in [4.78, 5) is 34.5. The Hall–Kier alpha value is -4.14. The van der Waals surface area contributed by atoms with Crippen molar-refractivity contribution < 1.29 is 29.5 Å². The van der Waals surface area contributed by atoms with E-state index in [0.717, 1.165) is 6.07 Å². The summed E-state index contributed by atoms with van der Waals surface area (Å²) in [7, 11) is 0. The number of nitro groups is 1. The fourth-order valence-corrected chi connectivity index (χ4v) is 2.63. The standard InChI is InChI=1S/C19H14N2O7/c22-16-9-13(18(24)12-6-2-1-5-11(12)16)19(25)28-10-17(23)20-14-7-3-4-8-15(14)21(26)27/h1-9,22,24H,10H2,(H,20,23). The number of anilines is 1. The van der Waals surface area contributed by atoms with Crippen molar-refractivity contribution in [3.05, 3.63) is 70.3 Å². The van der Waals surface area contributed by atoms with Crippen LogP contribution < -0.4 is 5.32 Å². The topological polar surface area (TPSA) is 139 Å². The zero-order valence-electron chi connectivity index (χ0n) is 14.3. The monoisotopic (exact) mass is 382 g/mol. The molecule has 0 bridgehead atoms. The van der Waals surface area contributed by atoms with Gasteiger partial charge in [0.1, 0.15) is 22.7 Å². The lowest BCUT2D eigenvalue weighted by molar-refractivity contribution is -0.383. The van der Waals surface area contributed by atoms with E-state index in [1.54, 1.807) is 18.2 Å². The number of fused-ring (bicyclic) bond motifs is 1. The molecule has 0 heterocycles. The molecule has 3 aromatic rings. The fraction of sp³-hybridized carbons (Fsp3) is 0.0526. The molecular formula is C19H14N2O7.